The summed E-state index contributed by atoms with van der Waals surface area (Å²) in [6.45, 7) is 0.802. The molecule has 90 valence electrons. The molecule has 7 heteroatoms. The number of hydrogen-bond acceptors (Lipinski definition) is 4. The van der Waals surface area contributed by atoms with Gasteiger partial charge in [0.2, 0.25) is 5.60 Å². The Morgan fingerprint density at radius 3 is 2.20 bits per heavy atom. The Morgan fingerprint density at radius 1 is 1.40 bits per heavy atom. The fraction of sp³-hybridized carbons (Fsp3) is 1.00. The quantitative estimate of drug-likeness (QED) is 0.509. The Labute approximate surface area is 84.7 Å². The second kappa shape index (κ2) is 3.89. The van der Waals surface area contributed by atoms with Crippen molar-refractivity contribution in [1.82, 2.24) is 5.32 Å². The first-order valence-corrected chi connectivity index (χ1v) is 4.63. The van der Waals surface area contributed by atoms with Gasteiger partial charge in [-0.2, -0.15) is 13.2 Å². The van der Waals surface area contributed by atoms with Gasteiger partial charge in [-0.3, -0.25) is 0 Å². The van der Waals surface area contributed by atoms with Crippen molar-refractivity contribution in [3.05, 3.63) is 0 Å². The van der Waals surface area contributed by atoms with E-state index in [1.54, 1.807) is 0 Å². The molecule has 0 amide bonds. The van der Waals surface area contributed by atoms with Crippen molar-refractivity contribution in [1.29, 1.82) is 0 Å². The third kappa shape index (κ3) is 1.73. The molecule has 1 heterocycles. The first kappa shape index (κ1) is 12.7. The van der Waals surface area contributed by atoms with Gasteiger partial charge in [-0.25, -0.2) is 0 Å². The van der Waals surface area contributed by atoms with E-state index in [4.69, 9.17) is 5.11 Å². The van der Waals surface area contributed by atoms with Gasteiger partial charge in [0, 0.05) is 6.04 Å². The van der Waals surface area contributed by atoms with E-state index >= 15 is 0 Å². The number of alkyl halides is 3. The lowest BCUT2D eigenvalue weighted by atomic mass is 9.88. The fourth-order valence-corrected chi connectivity index (χ4v) is 1.94. The van der Waals surface area contributed by atoms with E-state index in [0.717, 1.165) is 0 Å². The predicted octanol–water partition coefficient (Wildman–Crippen LogP) is -0.617. The van der Waals surface area contributed by atoms with Gasteiger partial charge in [-0.05, 0) is 6.42 Å². The Hall–Kier alpha value is -0.370. The number of nitrogens with one attached hydrogen (secondary N) is 1. The van der Waals surface area contributed by atoms with Gasteiger partial charge in [0.1, 0.15) is 6.10 Å². The average Bonchev–Trinajstić information content (AvgIpc) is 2.40. The molecule has 0 spiro atoms. The molecule has 1 saturated heterocycles. The molecular formula is C8H14F3NO3. The van der Waals surface area contributed by atoms with E-state index in [1.165, 1.54) is 6.92 Å². The second-order valence-corrected chi connectivity index (χ2v) is 3.68. The van der Waals surface area contributed by atoms with Crippen LogP contribution >= 0.6 is 0 Å². The van der Waals surface area contributed by atoms with Gasteiger partial charge in [-0.15, -0.1) is 0 Å². The molecule has 1 rings (SSSR count). The normalized spacial score (nSPS) is 42.2. The zero-order chi connectivity index (χ0) is 11.9. The monoisotopic (exact) mass is 229 g/mol. The highest BCUT2D eigenvalue weighted by molar-refractivity contribution is 5.12. The van der Waals surface area contributed by atoms with Gasteiger partial charge in [0.05, 0.1) is 12.6 Å². The van der Waals surface area contributed by atoms with Crippen LogP contribution in [0.2, 0.25) is 0 Å². The van der Waals surface area contributed by atoms with Crippen LogP contribution in [-0.4, -0.2) is 51.9 Å². The summed E-state index contributed by atoms with van der Waals surface area (Å²) in [5.74, 6) is 0. The molecule has 0 aromatic heterocycles. The molecule has 1 aliphatic rings. The van der Waals surface area contributed by atoms with Crippen molar-refractivity contribution in [2.24, 2.45) is 0 Å². The number of rotatable bonds is 2. The topological polar surface area (TPSA) is 72.7 Å². The SMILES string of the molecule is CC[C@@H]1N[C@H](CO)[C@@H](O)[C@]1(O)C(F)(F)F. The van der Waals surface area contributed by atoms with Gasteiger partial charge >= 0.3 is 6.18 Å². The molecule has 0 aliphatic carbocycles. The van der Waals surface area contributed by atoms with Crippen molar-refractivity contribution in [3.8, 4) is 0 Å². The van der Waals surface area contributed by atoms with Crippen molar-refractivity contribution >= 4 is 0 Å². The first-order valence-electron chi connectivity index (χ1n) is 4.63. The van der Waals surface area contributed by atoms with Gasteiger partial charge in [0.25, 0.3) is 0 Å². The molecule has 4 N–H and O–H groups in total. The average molecular weight is 229 g/mol. The van der Waals surface area contributed by atoms with Gasteiger partial charge < -0.3 is 20.6 Å². The standard InChI is InChI=1S/C8H14F3NO3/c1-2-5-7(15,8(9,10)11)6(14)4(3-13)12-5/h4-6,12-15H,2-3H2,1H3/t4-,5+,6-,7+/m1/s1. The highest BCUT2D eigenvalue weighted by Crippen LogP contribution is 2.41. The Morgan fingerprint density at radius 2 is 1.93 bits per heavy atom. The summed E-state index contributed by atoms with van der Waals surface area (Å²) in [4.78, 5) is 0. The van der Waals surface area contributed by atoms with Crippen molar-refractivity contribution in [2.75, 3.05) is 6.61 Å². The summed E-state index contributed by atoms with van der Waals surface area (Å²) < 4.78 is 37.8. The van der Waals surface area contributed by atoms with E-state index in [2.05, 4.69) is 5.32 Å². The molecule has 4 atom stereocenters. The van der Waals surface area contributed by atoms with Crippen molar-refractivity contribution in [3.63, 3.8) is 0 Å². The van der Waals surface area contributed by atoms with Crippen LogP contribution in [0.1, 0.15) is 13.3 Å². The molecule has 0 aromatic carbocycles. The minimum absolute atomic E-state index is 0.00354. The highest BCUT2D eigenvalue weighted by Gasteiger charge is 2.67. The van der Waals surface area contributed by atoms with Crippen LogP contribution in [0.25, 0.3) is 0 Å². The van der Waals surface area contributed by atoms with Crippen molar-refractivity contribution in [2.45, 2.75) is 43.3 Å². The predicted molar refractivity (Wildman–Crippen MR) is 45.1 cm³/mol. The van der Waals surface area contributed by atoms with Crippen molar-refractivity contribution < 1.29 is 28.5 Å². The molecule has 4 nitrogen and oxygen atoms in total. The van der Waals surface area contributed by atoms with Crippen LogP contribution < -0.4 is 5.32 Å². The molecule has 15 heavy (non-hydrogen) atoms. The molecule has 0 radical (unpaired) electrons. The van der Waals surface area contributed by atoms with Crippen LogP contribution in [0.3, 0.4) is 0 Å². The summed E-state index contributed by atoms with van der Waals surface area (Å²) in [5.41, 5.74) is -3.19. The first-order chi connectivity index (χ1) is 6.79. The summed E-state index contributed by atoms with van der Waals surface area (Å²) in [6.07, 6.45) is -6.97. The minimum Gasteiger partial charge on any atom is -0.395 e. The number of aliphatic hydroxyl groups is 3. The third-order valence-electron chi connectivity index (χ3n) is 2.84. The van der Waals surface area contributed by atoms with Crippen LogP contribution in [0.4, 0.5) is 13.2 Å². The smallest absolute Gasteiger partial charge is 0.395 e. The summed E-state index contributed by atoms with van der Waals surface area (Å²) in [5, 5.41) is 30.0. The summed E-state index contributed by atoms with van der Waals surface area (Å²) in [7, 11) is 0. The van der Waals surface area contributed by atoms with E-state index < -0.39 is 36.6 Å². The molecule has 1 aliphatic heterocycles. The van der Waals surface area contributed by atoms with E-state index in [-0.39, 0.29) is 6.42 Å². The molecule has 0 unspecified atom stereocenters. The summed E-state index contributed by atoms with van der Waals surface area (Å²) in [6, 6.07) is -2.45. The third-order valence-corrected chi connectivity index (χ3v) is 2.84. The molecule has 0 aromatic rings. The number of aliphatic hydroxyl groups excluding tert-OH is 2. The Kier molecular flexibility index (Phi) is 3.30. The van der Waals surface area contributed by atoms with Gasteiger partial charge in [-0.1, -0.05) is 6.92 Å². The molecule has 0 saturated carbocycles. The number of halogens is 3. The largest absolute Gasteiger partial charge is 0.421 e. The van der Waals surface area contributed by atoms with E-state index in [0.29, 0.717) is 0 Å². The maximum atomic E-state index is 12.6. The Balaban J connectivity index is 3.03. The van der Waals surface area contributed by atoms with E-state index in [1.807, 2.05) is 0 Å². The zero-order valence-electron chi connectivity index (χ0n) is 8.12. The second-order valence-electron chi connectivity index (χ2n) is 3.68. The molecule has 1 fully saturated rings. The maximum absolute atomic E-state index is 12.6. The fourth-order valence-electron chi connectivity index (χ4n) is 1.94. The maximum Gasteiger partial charge on any atom is 0.421 e. The van der Waals surface area contributed by atoms with Crippen LogP contribution in [0.5, 0.6) is 0 Å². The van der Waals surface area contributed by atoms with Crippen LogP contribution in [-0.2, 0) is 0 Å². The van der Waals surface area contributed by atoms with Gasteiger partial charge in [0.15, 0.2) is 0 Å². The van der Waals surface area contributed by atoms with Crippen LogP contribution in [0, 0.1) is 0 Å². The van der Waals surface area contributed by atoms with E-state index in [9.17, 15) is 23.4 Å². The summed E-state index contributed by atoms with van der Waals surface area (Å²) >= 11 is 0. The lowest BCUT2D eigenvalue weighted by Gasteiger charge is -2.33. The highest BCUT2D eigenvalue weighted by atomic mass is 19.4. The van der Waals surface area contributed by atoms with Crippen LogP contribution in [0.15, 0.2) is 0 Å². The zero-order valence-corrected chi connectivity index (χ0v) is 8.12. The molecule has 0 bridgehead atoms. The number of hydrogen-bond donors (Lipinski definition) is 4. The lowest BCUT2D eigenvalue weighted by molar-refractivity contribution is -0.288. The minimum atomic E-state index is -4.93. The molecular weight excluding hydrogens is 215 g/mol. The lowest BCUT2D eigenvalue weighted by Crippen LogP contribution is -2.59. The Bertz CT molecular complexity index is 232.